The fraction of sp³-hybridized carbons (Fsp3) is 0.292. The molecule has 0 bridgehead atoms. The van der Waals surface area contributed by atoms with Gasteiger partial charge in [0.15, 0.2) is 0 Å². The molecule has 2 aliphatic heterocycles. The van der Waals surface area contributed by atoms with Gasteiger partial charge in [0.05, 0.1) is 0 Å². The molecule has 0 radical (unpaired) electrons. The molecule has 5 rings (SSSR count). The van der Waals surface area contributed by atoms with Crippen LogP contribution in [0.4, 0.5) is 10.1 Å². The number of nitrogens with zero attached hydrogens (tertiary/aromatic N) is 2. The van der Waals surface area contributed by atoms with E-state index in [1.807, 2.05) is 0 Å². The molecule has 34 heavy (non-hydrogen) atoms. The van der Waals surface area contributed by atoms with E-state index in [0.29, 0.717) is 16.9 Å². The molecule has 2 aliphatic rings. The zero-order valence-corrected chi connectivity index (χ0v) is 18.9. The lowest BCUT2D eigenvalue weighted by atomic mass is 10.0. The number of halogens is 2. The van der Waals surface area contributed by atoms with Gasteiger partial charge in [0.25, 0.3) is 17.7 Å². The van der Waals surface area contributed by atoms with Crippen molar-refractivity contribution in [1.82, 2.24) is 15.2 Å². The molecule has 1 atom stereocenters. The van der Waals surface area contributed by atoms with Gasteiger partial charge >= 0.3 is 0 Å². The van der Waals surface area contributed by atoms with Crippen LogP contribution in [0, 0.1) is 5.82 Å². The maximum atomic E-state index is 13.5. The standard InChI is InChI=1S/C24H22ClFN4O4/c25-16-8-14(9-17(26)12-16)13-27-22(32)24(34)4-7-30(23(24)33)18-2-3-19-15(10-18)11-20(28-19)21(31)29-5-1-6-29/h2-3,8-12,28,34H,1,4-7,13H2,(H,27,32)/t24-/m0/s1. The zero-order valence-electron chi connectivity index (χ0n) is 18.1. The molecule has 10 heteroatoms. The number of aliphatic hydroxyl groups is 1. The molecule has 2 fully saturated rings. The van der Waals surface area contributed by atoms with Crippen LogP contribution in [0.1, 0.15) is 28.9 Å². The van der Waals surface area contributed by atoms with Crippen molar-refractivity contribution in [1.29, 1.82) is 0 Å². The van der Waals surface area contributed by atoms with Gasteiger partial charge < -0.3 is 25.2 Å². The highest BCUT2D eigenvalue weighted by molar-refractivity contribution is 6.30. The second kappa shape index (κ2) is 8.41. The van der Waals surface area contributed by atoms with E-state index in [1.165, 1.54) is 17.0 Å². The first kappa shape index (κ1) is 22.4. The lowest BCUT2D eigenvalue weighted by molar-refractivity contribution is -0.149. The fourth-order valence-corrected chi connectivity index (χ4v) is 4.54. The number of amides is 3. The molecule has 1 aromatic heterocycles. The van der Waals surface area contributed by atoms with E-state index in [1.54, 1.807) is 29.2 Å². The van der Waals surface area contributed by atoms with Crippen molar-refractivity contribution in [3.63, 3.8) is 0 Å². The SMILES string of the molecule is O=C(c1cc2cc(N3CC[C@](O)(C(=O)NCc4cc(F)cc(Cl)c4)C3=O)ccc2[nH]1)N1CCC1. The summed E-state index contributed by atoms with van der Waals surface area (Å²) in [5.74, 6) is -2.21. The van der Waals surface area contributed by atoms with Crippen LogP contribution in [0.15, 0.2) is 42.5 Å². The number of fused-ring (bicyclic) bond motifs is 1. The molecule has 0 spiro atoms. The molecule has 176 valence electrons. The second-order valence-electron chi connectivity index (χ2n) is 8.63. The number of rotatable bonds is 5. The Morgan fingerprint density at radius 1 is 1.15 bits per heavy atom. The van der Waals surface area contributed by atoms with Crippen LogP contribution in [-0.2, 0) is 16.1 Å². The molecule has 3 N–H and O–H groups in total. The van der Waals surface area contributed by atoms with Crippen LogP contribution in [-0.4, -0.2) is 57.9 Å². The molecule has 3 heterocycles. The van der Waals surface area contributed by atoms with E-state index in [2.05, 4.69) is 10.3 Å². The van der Waals surface area contributed by atoms with E-state index in [9.17, 15) is 23.9 Å². The fourth-order valence-electron chi connectivity index (χ4n) is 4.30. The van der Waals surface area contributed by atoms with Crippen molar-refractivity contribution >= 4 is 45.9 Å². The van der Waals surface area contributed by atoms with Crippen molar-refractivity contribution in [2.45, 2.75) is 25.0 Å². The van der Waals surface area contributed by atoms with Crippen molar-refractivity contribution < 1.29 is 23.9 Å². The number of aromatic nitrogens is 1. The first-order chi connectivity index (χ1) is 16.2. The number of aromatic amines is 1. The Hall–Kier alpha value is -3.43. The van der Waals surface area contributed by atoms with Gasteiger partial charge in [-0.15, -0.1) is 0 Å². The molecule has 2 saturated heterocycles. The summed E-state index contributed by atoms with van der Waals surface area (Å²) >= 11 is 5.83. The van der Waals surface area contributed by atoms with E-state index < -0.39 is 23.2 Å². The summed E-state index contributed by atoms with van der Waals surface area (Å²) in [5.41, 5.74) is -0.0807. The summed E-state index contributed by atoms with van der Waals surface area (Å²) in [4.78, 5) is 44.4. The summed E-state index contributed by atoms with van der Waals surface area (Å²) < 4.78 is 13.5. The highest BCUT2D eigenvalue weighted by atomic mass is 35.5. The van der Waals surface area contributed by atoms with Gasteiger partial charge in [0, 0.05) is 54.2 Å². The summed E-state index contributed by atoms with van der Waals surface area (Å²) in [6.45, 7) is 1.54. The predicted octanol–water partition coefficient (Wildman–Crippen LogP) is 2.59. The number of carbonyl (C=O) groups is 3. The lowest BCUT2D eigenvalue weighted by Gasteiger charge is -2.30. The number of anilines is 1. The second-order valence-corrected chi connectivity index (χ2v) is 9.06. The van der Waals surface area contributed by atoms with Crippen LogP contribution >= 0.6 is 11.6 Å². The normalized spacial score (nSPS) is 20.0. The minimum atomic E-state index is -2.23. The lowest BCUT2D eigenvalue weighted by Crippen LogP contribution is -2.52. The Bertz CT molecular complexity index is 1300. The Balaban J connectivity index is 1.31. The average Bonchev–Trinajstić information content (AvgIpc) is 3.31. The van der Waals surface area contributed by atoms with Crippen molar-refractivity contribution in [3.05, 3.63) is 64.6 Å². The van der Waals surface area contributed by atoms with Gasteiger partial charge in [-0.05, 0) is 54.4 Å². The first-order valence-corrected chi connectivity index (χ1v) is 11.3. The van der Waals surface area contributed by atoms with Crippen molar-refractivity contribution in [2.75, 3.05) is 24.5 Å². The van der Waals surface area contributed by atoms with Crippen molar-refractivity contribution in [3.8, 4) is 0 Å². The molecular weight excluding hydrogens is 463 g/mol. The molecule has 0 saturated carbocycles. The molecule has 0 aliphatic carbocycles. The van der Waals surface area contributed by atoms with Crippen LogP contribution in [0.25, 0.3) is 10.9 Å². The highest BCUT2D eigenvalue weighted by Crippen LogP contribution is 2.31. The number of nitrogens with one attached hydrogen (secondary N) is 2. The summed E-state index contributed by atoms with van der Waals surface area (Å²) in [6, 6.07) is 10.8. The topological polar surface area (TPSA) is 106 Å². The Morgan fingerprint density at radius 2 is 1.94 bits per heavy atom. The molecular formula is C24H22ClFN4O4. The molecule has 3 aromatic rings. The van der Waals surface area contributed by atoms with E-state index in [4.69, 9.17) is 11.6 Å². The summed E-state index contributed by atoms with van der Waals surface area (Å²) in [7, 11) is 0. The number of hydrogen-bond donors (Lipinski definition) is 3. The molecule has 2 aromatic carbocycles. The third kappa shape index (κ3) is 3.91. The maximum absolute atomic E-state index is 13.5. The number of carbonyl (C=O) groups excluding carboxylic acids is 3. The van der Waals surface area contributed by atoms with Gasteiger partial charge in [-0.2, -0.15) is 0 Å². The number of benzene rings is 2. The van der Waals surface area contributed by atoms with Gasteiger partial charge in [0.1, 0.15) is 11.5 Å². The Labute approximate surface area is 199 Å². The molecule has 3 amide bonds. The van der Waals surface area contributed by atoms with Crippen LogP contribution in [0.3, 0.4) is 0 Å². The number of H-pyrrole nitrogens is 1. The number of hydrogen-bond acceptors (Lipinski definition) is 4. The van der Waals surface area contributed by atoms with Gasteiger partial charge in [-0.1, -0.05) is 11.6 Å². The van der Waals surface area contributed by atoms with Crippen LogP contribution in [0.5, 0.6) is 0 Å². The van der Waals surface area contributed by atoms with Crippen LogP contribution in [0.2, 0.25) is 5.02 Å². The third-order valence-corrected chi connectivity index (χ3v) is 6.56. The van der Waals surface area contributed by atoms with Crippen molar-refractivity contribution in [2.24, 2.45) is 0 Å². The van der Waals surface area contributed by atoms with E-state index >= 15 is 0 Å². The quantitative estimate of drug-likeness (QED) is 0.484. The van der Waals surface area contributed by atoms with Gasteiger partial charge in [-0.3, -0.25) is 14.4 Å². The monoisotopic (exact) mass is 484 g/mol. The van der Waals surface area contributed by atoms with Crippen LogP contribution < -0.4 is 10.2 Å². The Kier molecular flexibility index (Phi) is 5.53. The minimum absolute atomic E-state index is 0.0631. The Morgan fingerprint density at radius 3 is 2.65 bits per heavy atom. The molecule has 8 nitrogen and oxygen atoms in total. The number of likely N-dealkylation sites (tertiary alicyclic amines) is 1. The van der Waals surface area contributed by atoms with E-state index in [-0.39, 0.29) is 30.4 Å². The smallest absolute Gasteiger partial charge is 0.270 e. The predicted molar refractivity (Wildman–Crippen MR) is 124 cm³/mol. The summed E-state index contributed by atoms with van der Waals surface area (Å²) in [5, 5.41) is 14.3. The van der Waals surface area contributed by atoms with Gasteiger partial charge in [0.2, 0.25) is 5.60 Å². The highest BCUT2D eigenvalue weighted by Gasteiger charge is 2.51. The van der Waals surface area contributed by atoms with Gasteiger partial charge in [-0.25, -0.2) is 4.39 Å². The molecule has 0 unspecified atom stereocenters. The minimum Gasteiger partial charge on any atom is -0.372 e. The maximum Gasteiger partial charge on any atom is 0.270 e. The van der Waals surface area contributed by atoms with E-state index in [0.717, 1.165) is 36.5 Å². The summed E-state index contributed by atoms with van der Waals surface area (Å²) in [6.07, 6.45) is 0.908. The zero-order chi connectivity index (χ0) is 24.0. The average molecular weight is 485 g/mol. The largest absolute Gasteiger partial charge is 0.372 e. The third-order valence-electron chi connectivity index (χ3n) is 6.34. The first-order valence-electron chi connectivity index (χ1n) is 10.9.